The molecule has 0 unspecified atom stereocenters. The Hall–Kier alpha value is -1.59. The number of carbonyl (C=O) groups excluding carboxylic acids is 3. The number of carbonyl (C=O) groups is 3. The van der Waals surface area contributed by atoms with Gasteiger partial charge in [-0.2, -0.15) is 0 Å². The van der Waals surface area contributed by atoms with E-state index >= 15 is 0 Å². The van der Waals surface area contributed by atoms with Gasteiger partial charge in [-0.25, -0.2) is 4.79 Å². The fourth-order valence-corrected chi connectivity index (χ4v) is 4.43. The third-order valence-corrected chi connectivity index (χ3v) is 5.49. The third-order valence-electron chi connectivity index (χ3n) is 5.49. The zero-order chi connectivity index (χ0) is 17.0. The van der Waals surface area contributed by atoms with Crippen molar-refractivity contribution in [3.8, 4) is 0 Å². The topological polar surface area (TPSA) is 60.9 Å². The van der Waals surface area contributed by atoms with Gasteiger partial charge < -0.3 is 9.80 Å². The van der Waals surface area contributed by atoms with Crippen molar-refractivity contribution < 1.29 is 14.4 Å². The number of rotatable bonds is 3. The normalized spacial score (nSPS) is 31.6. The molecular weight excluding hydrogens is 294 g/mol. The highest BCUT2D eigenvalue weighted by Gasteiger charge is 2.61. The van der Waals surface area contributed by atoms with Crippen molar-refractivity contribution in [3.05, 3.63) is 0 Å². The van der Waals surface area contributed by atoms with Gasteiger partial charge >= 0.3 is 6.03 Å². The summed E-state index contributed by atoms with van der Waals surface area (Å²) < 4.78 is 0. The first-order valence-corrected chi connectivity index (χ1v) is 8.68. The number of urea groups is 1. The minimum atomic E-state index is -0.635. The summed E-state index contributed by atoms with van der Waals surface area (Å²) in [6.45, 7) is 9.11. The summed E-state index contributed by atoms with van der Waals surface area (Å²) in [5.74, 6) is -0.0462. The number of imide groups is 1. The maximum atomic E-state index is 13.1. The van der Waals surface area contributed by atoms with E-state index in [9.17, 15) is 14.4 Å². The Morgan fingerprint density at radius 1 is 1.22 bits per heavy atom. The highest BCUT2D eigenvalue weighted by Crippen LogP contribution is 2.43. The van der Waals surface area contributed by atoms with Crippen LogP contribution in [0.15, 0.2) is 0 Å². The molecule has 3 heterocycles. The van der Waals surface area contributed by atoms with E-state index in [0.717, 1.165) is 25.7 Å². The van der Waals surface area contributed by atoms with E-state index in [2.05, 4.69) is 0 Å². The molecule has 2 atom stereocenters. The zero-order valence-electron chi connectivity index (χ0n) is 14.6. The molecule has 6 heteroatoms. The molecular formula is C17H27N3O3. The molecule has 3 rings (SSSR count). The molecule has 0 aromatic carbocycles. The van der Waals surface area contributed by atoms with Gasteiger partial charge in [-0.05, 0) is 40.0 Å². The van der Waals surface area contributed by atoms with E-state index < -0.39 is 5.54 Å². The standard InChI is InChI=1S/C17H27N3O3/c1-5-7-17-8-6-9-18(17)15(23)20(14(17)22)12-10-13(21)19(11-12)16(2,3)4/h12H,5-11H2,1-4H3/t12-,17+/m1/s1. The highest BCUT2D eigenvalue weighted by molar-refractivity contribution is 6.08. The number of amides is 4. The second-order valence-electron chi connectivity index (χ2n) is 8.03. The quantitative estimate of drug-likeness (QED) is 0.747. The molecule has 0 aromatic rings. The monoisotopic (exact) mass is 321 g/mol. The lowest BCUT2D eigenvalue weighted by Crippen LogP contribution is -2.48. The highest BCUT2D eigenvalue weighted by atomic mass is 16.2. The fourth-order valence-electron chi connectivity index (χ4n) is 4.43. The Morgan fingerprint density at radius 2 is 1.91 bits per heavy atom. The van der Waals surface area contributed by atoms with Crippen molar-refractivity contribution >= 4 is 17.8 Å². The van der Waals surface area contributed by atoms with Crippen LogP contribution in [0.1, 0.15) is 59.8 Å². The molecule has 4 amide bonds. The maximum Gasteiger partial charge on any atom is 0.328 e. The van der Waals surface area contributed by atoms with Crippen molar-refractivity contribution in [3.63, 3.8) is 0 Å². The molecule has 128 valence electrons. The minimum Gasteiger partial charge on any atom is -0.336 e. The van der Waals surface area contributed by atoms with Gasteiger partial charge in [0.25, 0.3) is 5.91 Å². The number of hydrogen-bond donors (Lipinski definition) is 0. The van der Waals surface area contributed by atoms with Gasteiger partial charge in [0.2, 0.25) is 5.91 Å². The van der Waals surface area contributed by atoms with Gasteiger partial charge in [-0.3, -0.25) is 14.5 Å². The molecule has 0 aromatic heterocycles. The smallest absolute Gasteiger partial charge is 0.328 e. The molecule has 23 heavy (non-hydrogen) atoms. The van der Waals surface area contributed by atoms with Crippen LogP contribution in [0.5, 0.6) is 0 Å². The van der Waals surface area contributed by atoms with Crippen LogP contribution in [0, 0.1) is 0 Å². The second kappa shape index (κ2) is 5.21. The van der Waals surface area contributed by atoms with Gasteiger partial charge in [0, 0.05) is 25.0 Å². The van der Waals surface area contributed by atoms with Gasteiger partial charge in [0.15, 0.2) is 0 Å². The molecule has 3 saturated heterocycles. The van der Waals surface area contributed by atoms with Crippen molar-refractivity contribution in [2.24, 2.45) is 0 Å². The summed E-state index contributed by atoms with van der Waals surface area (Å²) in [5.41, 5.74) is -0.918. The largest absolute Gasteiger partial charge is 0.336 e. The van der Waals surface area contributed by atoms with Crippen LogP contribution in [-0.4, -0.2) is 62.8 Å². The first-order valence-electron chi connectivity index (χ1n) is 8.68. The summed E-state index contributed by atoms with van der Waals surface area (Å²) in [6.07, 6.45) is 3.50. The van der Waals surface area contributed by atoms with Crippen LogP contribution in [0.25, 0.3) is 0 Å². The van der Waals surface area contributed by atoms with Crippen molar-refractivity contribution in [2.75, 3.05) is 13.1 Å². The van der Waals surface area contributed by atoms with Gasteiger partial charge in [0.05, 0.1) is 6.04 Å². The van der Waals surface area contributed by atoms with E-state index in [0.29, 0.717) is 13.1 Å². The molecule has 0 N–H and O–H groups in total. The lowest BCUT2D eigenvalue weighted by Gasteiger charge is -2.32. The first kappa shape index (κ1) is 16.3. The van der Waals surface area contributed by atoms with Crippen molar-refractivity contribution in [1.29, 1.82) is 0 Å². The summed E-state index contributed by atoms with van der Waals surface area (Å²) in [7, 11) is 0. The van der Waals surface area contributed by atoms with Crippen LogP contribution < -0.4 is 0 Å². The lowest BCUT2D eigenvalue weighted by molar-refractivity contribution is -0.134. The van der Waals surface area contributed by atoms with Crippen LogP contribution in [0.4, 0.5) is 4.79 Å². The maximum absolute atomic E-state index is 13.1. The van der Waals surface area contributed by atoms with Gasteiger partial charge in [0.1, 0.15) is 5.54 Å². The number of nitrogens with zero attached hydrogens (tertiary/aromatic N) is 3. The average molecular weight is 321 g/mol. The summed E-state index contributed by atoms with van der Waals surface area (Å²) in [4.78, 5) is 43.2. The summed E-state index contributed by atoms with van der Waals surface area (Å²) in [5, 5.41) is 0. The van der Waals surface area contributed by atoms with E-state index in [1.54, 1.807) is 9.80 Å². The predicted octanol–water partition coefficient (Wildman–Crippen LogP) is 1.98. The average Bonchev–Trinajstić information content (AvgIpc) is 3.07. The van der Waals surface area contributed by atoms with E-state index in [1.807, 2.05) is 27.7 Å². The Kier molecular flexibility index (Phi) is 3.69. The number of hydrogen-bond acceptors (Lipinski definition) is 3. The number of fused-ring (bicyclic) bond motifs is 1. The molecule has 0 aliphatic carbocycles. The summed E-state index contributed by atoms with van der Waals surface area (Å²) >= 11 is 0. The molecule has 0 bridgehead atoms. The van der Waals surface area contributed by atoms with Gasteiger partial charge in [-0.15, -0.1) is 0 Å². The Balaban J connectivity index is 1.86. The van der Waals surface area contributed by atoms with Crippen LogP contribution in [0.2, 0.25) is 0 Å². The molecule has 3 aliphatic rings. The van der Waals surface area contributed by atoms with E-state index in [-0.39, 0.29) is 35.8 Å². The SMILES string of the molecule is CCC[C@@]12CCCN1C(=O)N([C@@H]1CC(=O)N(C(C)(C)C)C1)C2=O. The molecule has 6 nitrogen and oxygen atoms in total. The Morgan fingerprint density at radius 3 is 2.48 bits per heavy atom. The minimum absolute atomic E-state index is 0.0275. The molecule has 0 radical (unpaired) electrons. The van der Waals surface area contributed by atoms with Crippen LogP contribution in [-0.2, 0) is 9.59 Å². The third kappa shape index (κ3) is 2.25. The molecule has 3 fully saturated rings. The first-order chi connectivity index (χ1) is 10.7. The second-order valence-corrected chi connectivity index (χ2v) is 8.03. The zero-order valence-corrected chi connectivity index (χ0v) is 14.6. The lowest BCUT2D eigenvalue weighted by atomic mass is 9.90. The van der Waals surface area contributed by atoms with Crippen molar-refractivity contribution in [2.45, 2.75) is 76.9 Å². The van der Waals surface area contributed by atoms with Crippen LogP contribution in [0.3, 0.4) is 0 Å². The Labute approximate surface area is 137 Å². The van der Waals surface area contributed by atoms with E-state index in [4.69, 9.17) is 0 Å². The summed E-state index contributed by atoms with van der Waals surface area (Å²) in [6, 6.07) is -0.504. The van der Waals surface area contributed by atoms with Gasteiger partial charge in [-0.1, -0.05) is 13.3 Å². The molecule has 0 spiro atoms. The molecule has 0 saturated carbocycles. The van der Waals surface area contributed by atoms with E-state index in [1.165, 1.54) is 4.90 Å². The molecule has 3 aliphatic heterocycles. The number of likely N-dealkylation sites (tertiary alicyclic amines) is 1. The fraction of sp³-hybridized carbons (Fsp3) is 0.824. The predicted molar refractivity (Wildman–Crippen MR) is 85.7 cm³/mol. The Bertz CT molecular complexity index is 554. The van der Waals surface area contributed by atoms with Crippen molar-refractivity contribution in [1.82, 2.24) is 14.7 Å². The van der Waals surface area contributed by atoms with Crippen LogP contribution >= 0.6 is 0 Å².